The van der Waals surface area contributed by atoms with Gasteiger partial charge in [-0.25, -0.2) is 4.98 Å². The summed E-state index contributed by atoms with van der Waals surface area (Å²) >= 11 is 2.37. The van der Waals surface area contributed by atoms with E-state index in [0.717, 1.165) is 40.2 Å². The van der Waals surface area contributed by atoms with Gasteiger partial charge in [-0.15, -0.1) is 0 Å². The molecule has 2 heterocycles. The third-order valence-corrected chi connectivity index (χ3v) is 5.13. The highest BCUT2D eigenvalue weighted by atomic mass is 127. The van der Waals surface area contributed by atoms with Crippen molar-refractivity contribution in [2.45, 2.75) is 17.4 Å². The second-order valence-electron chi connectivity index (χ2n) is 5.95. The topological polar surface area (TPSA) is 33.4 Å². The summed E-state index contributed by atoms with van der Waals surface area (Å²) in [4.78, 5) is 11.9. The first-order chi connectivity index (χ1) is 11.9. The lowest BCUT2D eigenvalue weighted by atomic mass is 10.2. The average molecular weight is 430 g/mol. The molecule has 0 radical (unpaired) electrons. The Hall–Kier alpha value is -1.89. The highest BCUT2D eigenvalue weighted by Crippen LogP contribution is 2.30. The molecule has 4 rings (SSSR count). The molecule has 0 atom stereocenters. The van der Waals surface area contributed by atoms with Gasteiger partial charge in [0, 0.05) is 13.1 Å². The Morgan fingerprint density at radius 2 is 1.79 bits per heavy atom. The molecule has 1 saturated heterocycles. The normalized spacial score (nSPS) is 15.0. The summed E-state index contributed by atoms with van der Waals surface area (Å²) in [6, 6.07) is 16.6. The molecule has 0 aliphatic carbocycles. The molecule has 2 aromatic carbocycles. The Labute approximate surface area is 155 Å². The maximum atomic E-state index is 4.77. The van der Waals surface area contributed by atoms with Crippen LogP contribution < -0.4 is 4.90 Å². The van der Waals surface area contributed by atoms with Crippen LogP contribution in [0.3, 0.4) is 0 Å². The molecule has 4 nitrogen and oxygen atoms in total. The summed E-state index contributed by atoms with van der Waals surface area (Å²) in [7, 11) is 0. The van der Waals surface area contributed by atoms with Crippen LogP contribution in [0.25, 0.3) is 11.0 Å². The number of benzene rings is 2. The molecule has 1 aliphatic heterocycles. The van der Waals surface area contributed by atoms with Crippen LogP contribution in [0.15, 0.2) is 53.5 Å². The van der Waals surface area contributed by atoms with Crippen molar-refractivity contribution in [2.75, 3.05) is 18.0 Å². The fourth-order valence-corrected chi connectivity index (χ4v) is 3.96. The van der Waals surface area contributed by atoms with Crippen molar-refractivity contribution in [3.63, 3.8) is 0 Å². The number of rotatable bonds is 4. The van der Waals surface area contributed by atoms with Crippen molar-refractivity contribution in [1.29, 1.82) is 0 Å². The summed E-state index contributed by atoms with van der Waals surface area (Å²) in [5, 5.41) is 0. The number of nitrogens with zero attached hydrogens (tertiary/aromatic N) is 4. The van der Waals surface area contributed by atoms with E-state index >= 15 is 0 Å². The minimum Gasteiger partial charge on any atom is -0.370 e. The molecular weight excluding hydrogens is 411 g/mol. The van der Waals surface area contributed by atoms with Gasteiger partial charge in [-0.3, -0.25) is 4.99 Å². The van der Waals surface area contributed by atoms with Crippen LogP contribution in [-0.2, 0) is 4.55 Å². The monoisotopic (exact) mass is 430 g/mol. The van der Waals surface area contributed by atoms with Gasteiger partial charge in [-0.05, 0) is 37.1 Å². The molecule has 1 aliphatic rings. The standard InChI is InChI=1S/C19H19IN4/c20-14-24-18-10-4-2-8-16(18)22-19(24)13-21-15-7-1-3-9-17(15)23-11-5-6-12-23/h1-4,7-10,13H,5-6,11-12,14H2. The van der Waals surface area contributed by atoms with E-state index in [0.29, 0.717) is 0 Å². The van der Waals surface area contributed by atoms with Crippen molar-refractivity contribution in [3.8, 4) is 0 Å². The SMILES string of the molecule is ICn1c(C=Nc2ccccc2N2CCCC2)nc2ccccc21. The molecule has 5 heteroatoms. The van der Waals surface area contributed by atoms with E-state index < -0.39 is 0 Å². The minimum absolute atomic E-state index is 0.855. The molecule has 0 unspecified atom stereocenters. The van der Waals surface area contributed by atoms with Crippen molar-refractivity contribution in [3.05, 3.63) is 54.4 Å². The molecule has 0 N–H and O–H groups in total. The van der Waals surface area contributed by atoms with E-state index in [9.17, 15) is 0 Å². The number of aliphatic imine (C=N–C) groups is 1. The van der Waals surface area contributed by atoms with Gasteiger partial charge in [-0.1, -0.05) is 46.9 Å². The third-order valence-electron chi connectivity index (χ3n) is 4.45. The highest BCUT2D eigenvalue weighted by Gasteiger charge is 2.15. The lowest BCUT2D eigenvalue weighted by Crippen LogP contribution is -2.17. The largest absolute Gasteiger partial charge is 0.370 e. The molecule has 1 fully saturated rings. The van der Waals surface area contributed by atoms with Crippen molar-refractivity contribution in [1.82, 2.24) is 9.55 Å². The van der Waals surface area contributed by atoms with Crippen LogP contribution in [0.4, 0.5) is 11.4 Å². The first kappa shape index (κ1) is 15.6. The first-order valence-corrected chi connectivity index (χ1v) is 9.78. The fourth-order valence-electron chi connectivity index (χ4n) is 3.24. The Morgan fingerprint density at radius 3 is 2.62 bits per heavy atom. The molecular formula is C19H19IN4. The molecule has 24 heavy (non-hydrogen) atoms. The second kappa shape index (κ2) is 6.93. The minimum atomic E-state index is 0.855. The van der Waals surface area contributed by atoms with Gasteiger partial charge in [0.25, 0.3) is 0 Å². The van der Waals surface area contributed by atoms with Crippen LogP contribution in [-0.4, -0.2) is 28.9 Å². The zero-order valence-electron chi connectivity index (χ0n) is 13.4. The predicted octanol–water partition coefficient (Wildman–Crippen LogP) is 4.78. The fraction of sp³-hybridized carbons (Fsp3) is 0.263. The van der Waals surface area contributed by atoms with E-state index in [-0.39, 0.29) is 0 Å². The Bertz CT molecular complexity index is 878. The quantitative estimate of drug-likeness (QED) is 0.339. The molecule has 0 amide bonds. The number of anilines is 1. The zero-order valence-corrected chi connectivity index (χ0v) is 15.6. The van der Waals surface area contributed by atoms with Gasteiger partial charge in [0.05, 0.1) is 33.2 Å². The third kappa shape index (κ3) is 2.92. The maximum Gasteiger partial charge on any atom is 0.153 e. The number of para-hydroxylation sites is 4. The summed E-state index contributed by atoms with van der Waals surface area (Å²) < 4.78 is 3.05. The second-order valence-corrected chi connectivity index (χ2v) is 6.63. The van der Waals surface area contributed by atoms with Crippen molar-refractivity contribution in [2.24, 2.45) is 4.99 Å². The summed E-state index contributed by atoms with van der Waals surface area (Å²) in [6.45, 7) is 2.25. The number of aromatic nitrogens is 2. The van der Waals surface area contributed by atoms with Gasteiger partial charge in [0.1, 0.15) is 0 Å². The number of hydrogen-bond acceptors (Lipinski definition) is 3. The first-order valence-electron chi connectivity index (χ1n) is 8.26. The van der Waals surface area contributed by atoms with E-state index in [1.807, 2.05) is 24.4 Å². The van der Waals surface area contributed by atoms with Gasteiger partial charge >= 0.3 is 0 Å². The highest BCUT2D eigenvalue weighted by molar-refractivity contribution is 14.1. The lowest BCUT2D eigenvalue weighted by Gasteiger charge is -2.19. The molecule has 0 spiro atoms. The van der Waals surface area contributed by atoms with Crippen molar-refractivity contribution >= 4 is 51.2 Å². The number of fused-ring (bicyclic) bond motifs is 1. The number of alkyl halides is 1. The molecule has 3 aromatic rings. The Balaban J connectivity index is 1.71. The maximum absolute atomic E-state index is 4.77. The van der Waals surface area contributed by atoms with Crippen LogP contribution in [0, 0.1) is 0 Å². The van der Waals surface area contributed by atoms with E-state index in [1.165, 1.54) is 18.5 Å². The summed E-state index contributed by atoms with van der Waals surface area (Å²) in [5.74, 6) is 0.904. The number of hydrogen-bond donors (Lipinski definition) is 0. The lowest BCUT2D eigenvalue weighted by molar-refractivity contribution is 0.934. The molecule has 0 saturated carbocycles. The Morgan fingerprint density at radius 1 is 1.04 bits per heavy atom. The Kier molecular flexibility index (Phi) is 4.51. The van der Waals surface area contributed by atoms with Crippen LogP contribution in [0.5, 0.6) is 0 Å². The number of imidazole rings is 1. The predicted molar refractivity (Wildman–Crippen MR) is 109 cm³/mol. The molecule has 0 bridgehead atoms. The van der Waals surface area contributed by atoms with Crippen molar-refractivity contribution < 1.29 is 0 Å². The number of halogens is 1. The molecule has 1 aromatic heterocycles. The molecule has 122 valence electrons. The van der Waals surface area contributed by atoms with E-state index in [2.05, 4.69) is 62.4 Å². The summed E-state index contributed by atoms with van der Waals surface area (Å²) in [5.41, 5.74) is 4.42. The zero-order chi connectivity index (χ0) is 16.4. The van der Waals surface area contributed by atoms with Crippen LogP contribution in [0.2, 0.25) is 0 Å². The van der Waals surface area contributed by atoms with E-state index in [1.54, 1.807) is 0 Å². The van der Waals surface area contributed by atoms with Gasteiger partial charge in [-0.2, -0.15) is 0 Å². The van der Waals surface area contributed by atoms with Crippen LogP contribution >= 0.6 is 22.6 Å². The van der Waals surface area contributed by atoms with Gasteiger partial charge in [0.15, 0.2) is 5.82 Å². The van der Waals surface area contributed by atoms with Gasteiger partial charge in [0.2, 0.25) is 0 Å². The summed E-state index contributed by atoms with van der Waals surface area (Å²) in [6.07, 6.45) is 4.43. The average Bonchev–Trinajstić information content (AvgIpc) is 3.27. The smallest absolute Gasteiger partial charge is 0.153 e. The van der Waals surface area contributed by atoms with Crippen LogP contribution in [0.1, 0.15) is 18.7 Å². The van der Waals surface area contributed by atoms with Gasteiger partial charge < -0.3 is 9.47 Å². The van der Waals surface area contributed by atoms with E-state index in [4.69, 9.17) is 9.98 Å².